The quantitative estimate of drug-likeness (QED) is 0.481. The summed E-state index contributed by atoms with van der Waals surface area (Å²) in [5, 5.41) is 3.09. The van der Waals surface area contributed by atoms with Gasteiger partial charge in [-0.3, -0.25) is 14.4 Å². The van der Waals surface area contributed by atoms with Crippen molar-refractivity contribution < 1.29 is 33.3 Å². The fourth-order valence-corrected chi connectivity index (χ4v) is 5.47. The van der Waals surface area contributed by atoms with Gasteiger partial charge in [0.05, 0.1) is 39.5 Å². The third-order valence-corrected chi connectivity index (χ3v) is 7.90. The number of likely N-dealkylation sites (N-methyl/N-ethyl adjacent to an activating group) is 1. The molecular formula is C33H38N4O7. The van der Waals surface area contributed by atoms with E-state index in [1.54, 1.807) is 29.0 Å². The number of hydrogen-bond acceptors (Lipinski definition) is 8. The van der Waals surface area contributed by atoms with Crippen LogP contribution >= 0.6 is 0 Å². The third kappa shape index (κ3) is 7.46. The monoisotopic (exact) mass is 602 g/mol. The molecular weight excluding hydrogens is 564 g/mol. The molecule has 11 nitrogen and oxygen atoms in total. The van der Waals surface area contributed by atoms with Gasteiger partial charge in [0.1, 0.15) is 5.75 Å². The molecule has 2 aromatic carbocycles. The summed E-state index contributed by atoms with van der Waals surface area (Å²) in [6, 6.07) is 16.1. The van der Waals surface area contributed by atoms with Crippen LogP contribution in [-0.4, -0.2) is 85.0 Å². The number of pyridine rings is 1. The Morgan fingerprint density at radius 3 is 2.70 bits per heavy atom. The summed E-state index contributed by atoms with van der Waals surface area (Å²) in [7, 11) is 3.08. The van der Waals surface area contributed by atoms with Crippen molar-refractivity contribution in [3.63, 3.8) is 0 Å². The van der Waals surface area contributed by atoms with E-state index in [4.69, 9.17) is 18.9 Å². The topological polar surface area (TPSA) is 120 Å². The number of carbonyl (C=O) groups excluding carboxylic acids is 3. The van der Waals surface area contributed by atoms with E-state index in [1.165, 1.54) is 13.3 Å². The first-order valence-electron chi connectivity index (χ1n) is 14.8. The standard InChI is InChI=1S/C33H38N4O7/c1-4-36-20-30(38)35-26-13-15-37(33(40)24-12-14-34-31(18-24)42-3)19-29(26)43-21-23-6-5-7-25(16-23)44-28-17-22(9-11-32(36)39)8-10-27(28)41-2/h5-8,10,12,14,16-18,26,29H,4,9,11,13,15,19-21H2,1-3H3,(H,35,38)/t26-,29-/m0/s1. The van der Waals surface area contributed by atoms with Crippen molar-refractivity contribution in [3.05, 3.63) is 77.5 Å². The van der Waals surface area contributed by atoms with Crippen LogP contribution in [0, 0.1) is 0 Å². The Morgan fingerprint density at radius 1 is 1.05 bits per heavy atom. The average Bonchev–Trinajstić information content (AvgIpc) is 3.05. The molecule has 0 radical (unpaired) electrons. The van der Waals surface area contributed by atoms with Crippen LogP contribution in [0.5, 0.6) is 23.1 Å². The minimum absolute atomic E-state index is 0.0585. The lowest BCUT2D eigenvalue weighted by molar-refractivity contribution is -0.136. The van der Waals surface area contributed by atoms with Gasteiger partial charge in [0, 0.05) is 43.9 Å². The second-order valence-corrected chi connectivity index (χ2v) is 10.8. The van der Waals surface area contributed by atoms with E-state index in [0.717, 1.165) is 11.1 Å². The van der Waals surface area contributed by atoms with Crippen molar-refractivity contribution in [2.24, 2.45) is 0 Å². The van der Waals surface area contributed by atoms with E-state index in [0.29, 0.717) is 54.6 Å². The van der Waals surface area contributed by atoms with Gasteiger partial charge < -0.3 is 34.1 Å². The Morgan fingerprint density at radius 2 is 1.91 bits per heavy atom. The Balaban J connectivity index is 1.41. The molecule has 1 saturated heterocycles. The number of fused-ring (bicyclic) bond motifs is 5. The van der Waals surface area contributed by atoms with Crippen molar-refractivity contribution in [1.29, 1.82) is 0 Å². The number of piperidine rings is 1. The molecule has 4 bridgehead atoms. The van der Waals surface area contributed by atoms with Crippen LogP contribution in [0.1, 0.15) is 41.3 Å². The normalized spacial score (nSPS) is 19.5. The van der Waals surface area contributed by atoms with Gasteiger partial charge in [0.15, 0.2) is 11.5 Å². The van der Waals surface area contributed by atoms with Crippen molar-refractivity contribution in [2.45, 2.75) is 44.9 Å². The highest BCUT2D eigenvalue weighted by molar-refractivity contribution is 5.94. The fourth-order valence-electron chi connectivity index (χ4n) is 5.47. The minimum atomic E-state index is -0.494. The number of nitrogens with one attached hydrogen (secondary N) is 1. The Bertz CT molecular complexity index is 1500. The van der Waals surface area contributed by atoms with Crippen molar-refractivity contribution in [3.8, 4) is 23.1 Å². The maximum absolute atomic E-state index is 13.4. The Labute approximate surface area is 257 Å². The highest BCUT2D eigenvalue weighted by atomic mass is 16.5. The zero-order chi connectivity index (χ0) is 31.1. The van der Waals surface area contributed by atoms with Gasteiger partial charge in [-0.25, -0.2) is 4.98 Å². The number of nitrogens with zero attached hydrogens (tertiary/aromatic N) is 3. The molecule has 3 amide bonds. The highest BCUT2D eigenvalue weighted by Gasteiger charge is 2.34. The molecule has 2 atom stereocenters. The summed E-state index contributed by atoms with van der Waals surface area (Å²) >= 11 is 0. The van der Waals surface area contributed by atoms with Crippen LogP contribution < -0.4 is 19.5 Å². The van der Waals surface area contributed by atoms with Gasteiger partial charge in [-0.15, -0.1) is 0 Å². The summed E-state index contributed by atoms with van der Waals surface area (Å²) < 4.78 is 23.3. The summed E-state index contributed by atoms with van der Waals surface area (Å²) in [5.41, 5.74) is 2.25. The van der Waals surface area contributed by atoms with E-state index < -0.39 is 6.10 Å². The molecule has 11 heteroatoms. The summed E-state index contributed by atoms with van der Waals surface area (Å²) in [6.07, 6.45) is 2.26. The zero-order valence-corrected chi connectivity index (χ0v) is 25.3. The average molecular weight is 603 g/mol. The van der Waals surface area contributed by atoms with Gasteiger partial charge in [0.25, 0.3) is 5.91 Å². The van der Waals surface area contributed by atoms with Gasteiger partial charge in [-0.05, 0) is 61.2 Å². The molecule has 2 aliphatic heterocycles. The fraction of sp³-hybridized carbons (Fsp3) is 0.394. The van der Waals surface area contributed by atoms with Crippen molar-refractivity contribution in [1.82, 2.24) is 20.1 Å². The maximum Gasteiger partial charge on any atom is 0.254 e. The molecule has 0 aliphatic carbocycles. The Hall–Kier alpha value is -4.64. The van der Waals surface area contributed by atoms with E-state index in [9.17, 15) is 14.4 Å². The van der Waals surface area contributed by atoms with Gasteiger partial charge in [0.2, 0.25) is 17.7 Å². The summed E-state index contributed by atoms with van der Waals surface area (Å²) in [6.45, 7) is 3.13. The first kappa shape index (κ1) is 30.8. The number of rotatable bonds is 4. The second kappa shape index (κ2) is 14.2. The molecule has 2 aliphatic rings. The van der Waals surface area contributed by atoms with Crippen molar-refractivity contribution >= 4 is 17.7 Å². The Kier molecular flexibility index (Phi) is 9.96. The number of aryl methyl sites for hydroxylation is 1. The van der Waals surface area contributed by atoms with E-state index >= 15 is 0 Å². The largest absolute Gasteiger partial charge is 0.493 e. The van der Waals surface area contributed by atoms with Gasteiger partial charge in [-0.1, -0.05) is 18.2 Å². The number of likely N-dealkylation sites (tertiary alicyclic amines) is 1. The summed E-state index contributed by atoms with van der Waals surface area (Å²) in [5.74, 6) is 1.52. The van der Waals surface area contributed by atoms with E-state index in [-0.39, 0.29) is 49.9 Å². The molecule has 0 saturated carbocycles. The molecule has 3 aromatic rings. The van der Waals surface area contributed by atoms with Gasteiger partial charge in [-0.2, -0.15) is 0 Å². The molecule has 0 unspecified atom stereocenters. The van der Waals surface area contributed by atoms with E-state index in [1.807, 2.05) is 49.4 Å². The highest BCUT2D eigenvalue weighted by Crippen LogP contribution is 2.33. The lowest BCUT2D eigenvalue weighted by atomic mass is 10.00. The molecule has 0 spiro atoms. The molecule has 1 fully saturated rings. The van der Waals surface area contributed by atoms with E-state index in [2.05, 4.69) is 10.3 Å². The third-order valence-electron chi connectivity index (χ3n) is 7.90. The molecule has 232 valence electrons. The van der Waals surface area contributed by atoms with Crippen molar-refractivity contribution in [2.75, 3.05) is 40.4 Å². The number of aromatic nitrogens is 1. The van der Waals surface area contributed by atoms with Crippen LogP contribution in [0.3, 0.4) is 0 Å². The zero-order valence-electron chi connectivity index (χ0n) is 25.3. The number of benzene rings is 2. The number of carbonyl (C=O) groups is 3. The van der Waals surface area contributed by atoms with Crippen LogP contribution in [0.4, 0.5) is 0 Å². The molecule has 5 rings (SSSR count). The maximum atomic E-state index is 13.4. The lowest BCUT2D eigenvalue weighted by Gasteiger charge is -2.39. The molecule has 1 aromatic heterocycles. The molecule has 1 N–H and O–H groups in total. The predicted octanol–water partition coefficient (Wildman–Crippen LogP) is 3.60. The van der Waals surface area contributed by atoms with Crippen LogP contribution in [0.25, 0.3) is 0 Å². The SMILES string of the molecule is CCN1CC(=O)N[C@H]2CCN(C(=O)c3ccnc(OC)c3)C[C@@H]2OCc2cccc(c2)Oc2cc(ccc2OC)CCC1=O. The number of ether oxygens (including phenoxy) is 4. The van der Waals surface area contributed by atoms with Crippen LogP contribution in [0.15, 0.2) is 60.8 Å². The number of amides is 3. The smallest absolute Gasteiger partial charge is 0.254 e. The molecule has 44 heavy (non-hydrogen) atoms. The van der Waals surface area contributed by atoms with Gasteiger partial charge >= 0.3 is 0 Å². The van der Waals surface area contributed by atoms with Crippen LogP contribution in [-0.2, 0) is 27.4 Å². The predicted molar refractivity (Wildman–Crippen MR) is 162 cm³/mol. The number of methoxy groups -OCH3 is 2. The minimum Gasteiger partial charge on any atom is -0.493 e. The summed E-state index contributed by atoms with van der Waals surface area (Å²) in [4.78, 5) is 47.1. The molecule has 3 heterocycles. The first-order chi connectivity index (χ1) is 21.4. The first-order valence-corrected chi connectivity index (χ1v) is 14.8. The van der Waals surface area contributed by atoms with Crippen LogP contribution in [0.2, 0.25) is 0 Å². The number of hydrogen-bond donors (Lipinski definition) is 1. The lowest BCUT2D eigenvalue weighted by Crippen LogP contribution is -2.57. The second-order valence-electron chi connectivity index (χ2n) is 10.8.